The largest absolute Gasteiger partial charge is 0.465 e. The van der Waals surface area contributed by atoms with Crippen molar-refractivity contribution in [3.05, 3.63) is 86.2 Å². The summed E-state index contributed by atoms with van der Waals surface area (Å²) in [4.78, 5) is 24.8. The van der Waals surface area contributed by atoms with Crippen molar-refractivity contribution in [1.82, 2.24) is 4.57 Å². The molecule has 0 saturated carbocycles. The number of carbonyl (C=O) groups is 2. The van der Waals surface area contributed by atoms with Gasteiger partial charge in [-0.3, -0.25) is 4.79 Å². The summed E-state index contributed by atoms with van der Waals surface area (Å²) in [6, 6.07) is 14.1. The molecule has 3 rings (SSSR count). The molecular formula is C25H21Cl2N3O3. The molecule has 8 heteroatoms. The molecule has 0 atom stereocenters. The minimum atomic E-state index is -0.602. The van der Waals surface area contributed by atoms with E-state index in [0.717, 1.165) is 22.6 Å². The van der Waals surface area contributed by atoms with Crippen molar-refractivity contribution in [2.24, 2.45) is 0 Å². The molecule has 33 heavy (non-hydrogen) atoms. The molecule has 0 bridgehead atoms. The van der Waals surface area contributed by atoms with Gasteiger partial charge < -0.3 is 14.6 Å². The number of ether oxygens (including phenoxy) is 1. The lowest BCUT2D eigenvalue weighted by atomic mass is 10.1. The second-order valence-corrected chi connectivity index (χ2v) is 8.11. The first kappa shape index (κ1) is 24.1. The van der Waals surface area contributed by atoms with Gasteiger partial charge in [-0.1, -0.05) is 35.3 Å². The van der Waals surface area contributed by atoms with E-state index in [-0.39, 0.29) is 10.6 Å². The Bertz CT molecular complexity index is 1330. The van der Waals surface area contributed by atoms with E-state index in [1.807, 2.05) is 43.5 Å². The zero-order valence-corrected chi connectivity index (χ0v) is 20.0. The number of halogens is 2. The monoisotopic (exact) mass is 481 g/mol. The standard InChI is InChI=1S/C25H21Cl2N3O3/c1-14-11-17(12-18(13-28)24(31)29-21-9-6-8-20(26)23(21)27)16(3)30(14)22-10-5-7-19(15(22)2)25(32)33-4/h5-12H,1-4H3,(H,29,31)/b18-12-. The first-order chi connectivity index (χ1) is 15.7. The zero-order chi connectivity index (χ0) is 24.3. The third-order valence-electron chi connectivity index (χ3n) is 5.29. The van der Waals surface area contributed by atoms with Crippen molar-refractivity contribution in [2.45, 2.75) is 20.8 Å². The average Bonchev–Trinajstić information content (AvgIpc) is 3.07. The van der Waals surface area contributed by atoms with E-state index < -0.39 is 11.9 Å². The van der Waals surface area contributed by atoms with Crippen molar-refractivity contribution < 1.29 is 14.3 Å². The number of nitriles is 1. The number of anilines is 1. The predicted molar refractivity (Wildman–Crippen MR) is 130 cm³/mol. The van der Waals surface area contributed by atoms with E-state index in [9.17, 15) is 14.9 Å². The van der Waals surface area contributed by atoms with Gasteiger partial charge in [-0.05, 0) is 68.3 Å². The Hall–Kier alpha value is -3.53. The first-order valence-electron chi connectivity index (χ1n) is 9.94. The Morgan fingerprint density at radius 1 is 1.12 bits per heavy atom. The number of carbonyl (C=O) groups excluding carboxylic acids is 2. The number of nitrogens with one attached hydrogen (secondary N) is 1. The van der Waals surface area contributed by atoms with Crippen LogP contribution in [0, 0.1) is 32.1 Å². The number of aryl methyl sites for hydroxylation is 1. The lowest BCUT2D eigenvalue weighted by Crippen LogP contribution is -2.14. The molecule has 1 aromatic heterocycles. The average molecular weight is 482 g/mol. The Morgan fingerprint density at radius 3 is 2.48 bits per heavy atom. The normalized spacial score (nSPS) is 11.1. The van der Waals surface area contributed by atoms with Gasteiger partial charge in [0.25, 0.3) is 5.91 Å². The number of rotatable bonds is 5. The van der Waals surface area contributed by atoms with Crippen LogP contribution in [0.25, 0.3) is 11.8 Å². The van der Waals surface area contributed by atoms with Gasteiger partial charge in [-0.2, -0.15) is 5.26 Å². The van der Waals surface area contributed by atoms with E-state index in [2.05, 4.69) is 5.32 Å². The van der Waals surface area contributed by atoms with Gasteiger partial charge >= 0.3 is 5.97 Å². The van der Waals surface area contributed by atoms with Gasteiger partial charge in [-0.25, -0.2) is 4.79 Å². The van der Waals surface area contributed by atoms with E-state index >= 15 is 0 Å². The highest BCUT2D eigenvalue weighted by Gasteiger charge is 2.18. The Balaban J connectivity index is 2.01. The third-order valence-corrected chi connectivity index (χ3v) is 6.11. The molecule has 1 heterocycles. The van der Waals surface area contributed by atoms with Crippen molar-refractivity contribution in [2.75, 3.05) is 12.4 Å². The van der Waals surface area contributed by atoms with Gasteiger partial charge in [0.05, 0.1) is 28.4 Å². The van der Waals surface area contributed by atoms with Gasteiger partial charge in [0.2, 0.25) is 0 Å². The van der Waals surface area contributed by atoms with Crippen molar-refractivity contribution in [1.29, 1.82) is 5.26 Å². The Morgan fingerprint density at radius 2 is 1.82 bits per heavy atom. The van der Waals surface area contributed by atoms with Crippen molar-refractivity contribution in [3.63, 3.8) is 0 Å². The second-order valence-electron chi connectivity index (χ2n) is 7.33. The molecule has 1 N–H and O–H groups in total. The van der Waals surface area contributed by atoms with Crippen LogP contribution in [-0.2, 0) is 9.53 Å². The molecule has 0 fully saturated rings. The molecule has 0 aliphatic rings. The number of benzene rings is 2. The number of methoxy groups -OCH3 is 1. The van der Waals surface area contributed by atoms with Crippen LogP contribution in [0.3, 0.4) is 0 Å². The molecule has 1 amide bonds. The highest BCUT2D eigenvalue weighted by atomic mass is 35.5. The van der Waals surface area contributed by atoms with E-state index in [0.29, 0.717) is 21.8 Å². The minimum Gasteiger partial charge on any atom is -0.465 e. The molecule has 0 aliphatic carbocycles. The molecule has 2 aromatic carbocycles. The lowest BCUT2D eigenvalue weighted by molar-refractivity contribution is -0.112. The summed E-state index contributed by atoms with van der Waals surface area (Å²) < 4.78 is 6.84. The van der Waals surface area contributed by atoms with E-state index in [1.54, 1.807) is 30.3 Å². The highest BCUT2D eigenvalue weighted by molar-refractivity contribution is 6.44. The fourth-order valence-electron chi connectivity index (χ4n) is 3.60. The molecule has 3 aromatic rings. The molecule has 6 nitrogen and oxygen atoms in total. The quantitative estimate of drug-likeness (QED) is 0.273. The Labute approximate surface area is 202 Å². The third kappa shape index (κ3) is 4.80. The van der Waals surface area contributed by atoms with Gasteiger partial charge in [-0.15, -0.1) is 0 Å². The summed E-state index contributed by atoms with van der Waals surface area (Å²) in [7, 11) is 1.34. The molecule has 168 valence electrons. The van der Waals surface area contributed by atoms with Gasteiger partial charge in [0, 0.05) is 17.1 Å². The van der Waals surface area contributed by atoms with Crippen molar-refractivity contribution in [3.8, 4) is 11.8 Å². The summed E-state index contributed by atoms with van der Waals surface area (Å²) >= 11 is 12.1. The fourth-order valence-corrected chi connectivity index (χ4v) is 3.94. The lowest BCUT2D eigenvalue weighted by Gasteiger charge is -2.15. The predicted octanol–water partition coefficient (Wildman–Crippen LogP) is 6.04. The van der Waals surface area contributed by atoms with Crippen LogP contribution in [0.4, 0.5) is 5.69 Å². The molecule has 0 unspecified atom stereocenters. The van der Waals surface area contributed by atoms with Crippen LogP contribution >= 0.6 is 23.2 Å². The maximum Gasteiger partial charge on any atom is 0.338 e. The van der Waals surface area contributed by atoms with Crippen LogP contribution in [-0.4, -0.2) is 23.6 Å². The number of hydrogen-bond donors (Lipinski definition) is 1. The molecular weight excluding hydrogens is 461 g/mol. The summed E-state index contributed by atoms with van der Waals surface area (Å²) in [5.74, 6) is -1.02. The molecule has 0 spiro atoms. The van der Waals surface area contributed by atoms with Crippen molar-refractivity contribution >= 4 is 46.8 Å². The molecule has 0 aliphatic heterocycles. The number of hydrogen-bond acceptors (Lipinski definition) is 4. The number of amides is 1. The fraction of sp³-hybridized carbons (Fsp3) is 0.160. The molecule has 0 saturated heterocycles. The zero-order valence-electron chi connectivity index (χ0n) is 18.5. The topological polar surface area (TPSA) is 84.1 Å². The molecule has 0 radical (unpaired) electrons. The maximum absolute atomic E-state index is 12.7. The summed E-state index contributed by atoms with van der Waals surface area (Å²) in [5.41, 5.74) is 4.63. The summed E-state index contributed by atoms with van der Waals surface area (Å²) in [6.07, 6.45) is 1.52. The van der Waals surface area contributed by atoms with Crippen LogP contribution in [0.1, 0.15) is 32.9 Å². The Kier molecular flexibility index (Phi) is 7.27. The summed E-state index contributed by atoms with van der Waals surface area (Å²) in [6.45, 7) is 5.63. The van der Waals surface area contributed by atoms with Gasteiger partial charge in [0.15, 0.2) is 0 Å². The van der Waals surface area contributed by atoms with Crippen LogP contribution < -0.4 is 5.32 Å². The van der Waals surface area contributed by atoms with Crippen LogP contribution in [0.15, 0.2) is 48.0 Å². The first-order valence-corrected chi connectivity index (χ1v) is 10.7. The minimum absolute atomic E-state index is 0.0914. The van der Waals surface area contributed by atoms with Crippen LogP contribution in [0.2, 0.25) is 10.0 Å². The smallest absolute Gasteiger partial charge is 0.338 e. The van der Waals surface area contributed by atoms with Crippen LogP contribution in [0.5, 0.6) is 0 Å². The number of esters is 1. The second kappa shape index (κ2) is 9.95. The maximum atomic E-state index is 12.7. The van der Waals surface area contributed by atoms with E-state index in [1.165, 1.54) is 13.2 Å². The summed E-state index contributed by atoms with van der Waals surface area (Å²) in [5, 5.41) is 12.7. The van der Waals surface area contributed by atoms with E-state index in [4.69, 9.17) is 27.9 Å². The van der Waals surface area contributed by atoms with Gasteiger partial charge in [0.1, 0.15) is 11.6 Å². The number of nitrogens with zero attached hydrogens (tertiary/aromatic N) is 2. The SMILES string of the molecule is COC(=O)c1cccc(-n2c(C)cc(/C=C(/C#N)C(=O)Nc3cccc(Cl)c3Cl)c2C)c1C. The highest BCUT2D eigenvalue weighted by Crippen LogP contribution is 2.30. The number of aromatic nitrogens is 1.